The number of benzene rings is 3. The van der Waals surface area contributed by atoms with Crippen molar-refractivity contribution in [2.45, 2.75) is 64.2 Å². The first-order valence-corrected chi connectivity index (χ1v) is 13.4. The van der Waals surface area contributed by atoms with Crippen molar-refractivity contribution in [1.82, 2.24) is 0 Å². The van der Waals surface area contributed by atoms with E-state index in [1.807, 2.05) is 27.7 Å². The van der Waals surface area contributed by atoms with E-state index in [1.165, 1.54) is 37.0 Å². The molecule has 0 spiro atoms. The first kappa shape index (κ1) is 26.5. The molecule has 3 aromatic rings. The normalized spacial score (nSPS) is 12.5. The summed E-state index contributed by atoms with van der Waals surface area (Å²) in [5.41, 5.74) is 5.36. The first-order chi connectivity index (χ1) is 16.2. The van der Waals surface area contributed by atoms with E-state index in [2.05, 4.69) is 117 Å². The first-order valence-electron chi connectivity index (χ1n) is 12.2. The largest absolute Gasteiger partial charge is 0.166 e. The minimum Gasteiger partial charge on any atom is -0.0770 e. The number of aryl methyl sites for hydroxylation is 2. The average Bonchev–Trinajstić information content (AvgIpc) is 3.10. The maximum absolute atomic E-state index is 2.40. The van der Waals surface area contributed by atoms with E-state index in [4.69, 9.17) is 0 Å². The van der Waals surface area contributed by atoms with Crippen LogP contribution >= 0.6 is 0 Å². The summed E-state index contributed by atoms with van der Waals surface area (Å²) in [6, 6.07) is 28.8. The Morgan fingerprint density at radius 1 is 0.606 bits per heavy atom. The molecule has 1 heteroatoms. The van der Waals surface area contributed by atoms with E-state index >= 15 is 0 Å². The Labute approximate surface area is 205 Å². The molecule has 0 bridgehead atoms. The van der Waals surface area contributed by atoms with Crippen LogP contribution in [0.2, 0.25) is 0 Å². The molecule has 0 radical (unpaired) electrons. The lowest BCUT2D eigenvalue weighted by atomic mass is 10.0. The Hall–Kier alpha value is -2.77. The summed E-state index contributed by atoms with van der Waals surface area (Å²) in [6.45, 7) is 12.3. The van der Waals surface area contributed by atoms with Crippen LogP contribution in [0.15, 0.2) is 123 Å². The van der Waals surface area contributed by atoms with Gasteiger partial charge in [-0.1, -0.05) is 106 Å². The average molecular weight is 456 g/mol. The van der Waals surface area contributed by atoms with Crippen LogP contribution in [0.5, 0.6) is 0 Å². The minimum atomic E-state index is -0.0858. The molecular weight excluding hydrogens is 416 g/mol. The van der Waals surface area contributed by atoms with E-state index in [1.54, 1.807) is 0 Å². The zero-order valence-corrected chi connectivity index (χ0v) is 22.0. The van der Waals surface area contributed by atoms with Gasteiger partial charge in [0.1, 0.15) is 0 Å². The number of rotatable bonds is 5. The van der Waals surface area contributed by atoms with E-state index in [0.717, 1.165) is 12.8 Å². The minimum absolute atomic E-state index is 0.0858. The van der Waals surface area contributed by atoms with E-state index in [0.29, 0.717) is 0 Å². The van der Waals surface area contributed by atoms with Gasteiger partial charge < -0.3 is 0 Å². The van der Waals surface area contributed by atoms with Gasteiger partial charge in [0.2, 0.25) is 0 Å². The van der Waals surface area contributed by atoms with Crippen LogP contribution < -0.4 is 0 Å². The Balaban J connectivity index is 0.000000914. The number of hydrogen-bond donors (Lipinski definition) is 0. The van der Waals surface area contributed by atoms with Gasteiger partial charge in [-0.15, -0.1) is 0 Å². The van der Waals surface area contributed by atoms with Crippen molar-refractivity contribution in [3.05, 3.63) is 130 Å². The lowest BCUT2D eigenvalue weighted by Gasteiger charge is -2.09. The van der Waals surface area contributed by atoms with E-state index < -0.39 is 0 Å². The van der Waals surface area contributed by atoms with Gasteiger partial charge in [0.05, 0.1) is 10.9 Å². The third-order valence-corrected chi connectivity index (χ3v) is 7.42. The predicted molar refractivity (Wildman–Crippen MR) is 149 cm³/mol. The van der Waals surface area contributed by atoms with Crippen LogP contribution in [0.1, 0.15) is 50.8 Å². The van der Waals surface area contributed by atoms with Gasteiger partial charge in [-0.25, -0.2) is 0 Å². The second-order valence-corrected chi connectivity index (χ2v) is 9.58. The summed E-state index contributed by atoms with van der Waals surface area (Å²) >= 11 is 0. The van der Waals surface area contributed by atoms with E-state index in [-0.39, 0.29) is 10.9 Å². The maximum atomic E-state index is 2.40. The van der Waals surface area contributed by atoms with Crippen LogP contribution in [0, 0.1) is 13.8 Å². The van der Waals surface area contributed by atoms with Gasteiger partial charge in [-0.2, -0.15) is 0 Å². The maximum Gasteiger partial charge on any atom is 0.166 e. The molecule has 0 heterocycles. The fourth-order valence-electron chi connectivity index (χ4n) is 3.52. The second-order valence-electron chi connectivity index (χ2n) is 7.55. The molecule has 4 rings (SSSR count). The Bertz CT molecular complexity index is 990. The summed E-state index contributed by atoms with van der Waals surface area (Å²) in [5.74, 6) is 0. The van der Waals surface area contributed by atoms with Crippen LogP contribution in [0.25, 0.3) is 0 Å². The molecule has 0 unspecified atom stereocenters. The van der Waals surface area contributed by atoms with Crippen molar-refractivity contribution in [3.8, 4) is 0 Å². The molecule has 3 aromatic carbocycles. The fourth-order valence-corrected chi connectivity index (χ4v) is 5.62. The summed E-state index contributed by atoms with van der Waals surface area (Å²) < 4.78 is 0. The van der Waals surface area contributed by atoms with Crippen molar-refractivity contribution in [2.75, 3.05) is 0 Å². The highest BCUT2D eigenvalue weighted by molar-refractivity contribution is 8.00. The summed E-state index contributed by atoms with van der Waals surface area (Å²) in [5, 5.41) is 0. The third-order valence-electron chi connectivity index (χ3n) is 5.16. The fraction of sp³-hybridized carbons (Fsp3) is 0.250. The van der Waals surface area contributed by atoms with Crippen molar-refractivity contribution in [2.24, 2.45) is 0 Å². The lowest BCUT2D eigenvalue weighted by Crippen LogP contribution is -2.06. The molecule has 0 N–H and O–H groups in total. The molecule has 0 amide bonds. The summed E-state index contributed by atoms with van der Waals surface area (Å²) in [7, 11) is -0.0858. The van der Waals surface area contributed by atoms with Crippen molar-refractivity contribution in [1.29, 1.82) is 0 Å². The molecule has 0 nitrogen and oxygen atoms in total. The smallest absolute Gasteiger partial charge is 0.0770 e. The molecule has 0 saturated carbocycles. The molecule has 1 aliphatic rings. The molecular formula is C32H39S+. The van der Waals surface area contributed by atoms with Gasteiger partial charge in [-0.3, -0.25) is 0 Å². The molecule has 0 atom stereocenters. The monoisotopic (exact) mass is 455 g/mol. The van der Waals surface area contributed by atoms with Gasteiger partial charge in [0, 0.05) is 0 Å². The quantitative estimate of drug-likeness (QED) is 0.336. The molecule has 172 valence electrons. The van der Waals surface area contributed by atoms with Crippen LogP contribution in [0.4, 0.5) is 0 Å². The van der Waals surface area contributed by atoms with Crippen molar-refractivity contribution < 1.29 is 0 Å². The molecule has 0 saturated heterocycles. The Morgan fingerprint density at radius 3 is 1.64 bits per heavy atom. The van der Waals surface area contributed by atoms with Crippen molar-refractivity contribution >= 4 is 10.9 Å². The summed E-state index contributed by atoms with van der Waals surface area (Å²) in [4.78, 5) is 4.15. The number of hydrogen-bond acceptors (Lipinski definition) is 0. The van der Waals surface area contributed by atoms with Gasteiger partial charge in [0.15, 0.2) is 14.7 Å². The van der Waals surface area contributed by atoms with Crippen LogP contribution in [0.3, 0.4) is 0 Å². The zero-order valence-electron chi connectivity index (χ0n) is 21.1. The SMILES string of the molecule is CC.CC.Cc1ccc([S+](C2=CCC=C(Cc3ccccc3)C=C2)c2ccc(C)cc2)cc1. The molecule has 33 heavy (non-hydrogen) atoms. The molecule has 0 aliphatic heterocycles. The Kier molecular flexibility index (Phi) is 11.6. The highest BCUT2D eigenvalue weighted by Crippen LogP contribution is 2.33. The molecule has 1 aliphatic carbocycles. The lowest BCUT2D eigenvalue weighted by molar-refractivity contribution is 1.17. The van der Waals surface area contributed by atoms with Gasteiger partial charge in [0.25, 0.3) is 0 Å². The predicted octanol–water partition coefficient (Wildman–Crippen LogP) is 9.41. The number of allylic oxidation sites excluding steroid dienone is 5. The highest BCUT2D eigenvalue weighted by atomic mass is 32.2. The van der Waals surface area contributed by atoms with Crippen molar-refractivity contribution in [3.63, 3.8) is 0 Å². The van der Waals surface area contributed by atoms with Gasteiger partial charge in [-0.05, 0) is 74.2 Å². The second kappa shape index (κ2) is 14.4. The molecule has 0 aromatic heterocycles. The van der Waals surface area contributed by atoms with Crippen LogP contribution in [-0.4, -0.2) is 0 Å². The third kappa shape index (κ3) is 7.94. The summed E-state index contributed by atoms with van der Waals surface area (Å²) in [6.07, 6.45) is 11.4. The zero-order chi connectivity index (χ0) is 24.1. The standard InChI is InChI=1S/C28H27S.2C2H6/c1-22-11-16-27(17-12-22)29(28-18-13-23(2)14-19-28)26-10-6-9-25(15-20-26)21-24-7-4-3-5-8-24;2*1-2/h3-5,7-20H,6,21H2,1-2H3;2*1-2H3/q+1;;. The van der Waals surface area contributed by atoms with Gasteiger partial charge >= 0.3 is 0 Å². The Morgan fingerprint density at radius 2 is 1.12 bits per heavy atom. The highest BCUT2D eigenvalue weighted by Gasteiger charge is 2.29. The van der Waals surface area contributed by atoms with Crippen LogP contribution in [-0.2, 0) is 17.3 Å². The van der Waals surface area contributed by atoms with E-state index in [9.17, 15) is 0 Å². The molecule has 0 fully saturated rings. The topological polar surface area (TPSA) is 0 Å².